The molecule has 0 aliphatic rings. The van der Waals surface area contributed by atoms with Crippen LogP contribution in [0.2, 0.25) is 5.15 Å². The predicted octanol–water partition coefficient (Wildman–Crippen LogP) is 1.68. The number of halogens is 1. The number of carboxylic acid groups (broad SMARTS) is 1. The van der Waals surface area contributed by atoms with Crippen LogP contribution in [0.4, 0.5) is 0 Å². The van der Waals surface area contributed by atoms with Gasteiger partial charge in [-0.25, -0.2) is 9.78 Å². The van der Waals surface area contributed by atoms with E-state index in [0.717, 1.165) is 0 Å². The van der Waals surface area contributed by atoms with Crippen LogP contribution < -0.4 is 4.74 Å². The van der Waals surface area contributed by atoms with Crippen molar-refractivity contribution < 1.29 is 19.4 Å². The summed E-state index contributed by atoms with van der Waals surface area (Å²) in [5, 5.41) is 8.47. The van der Waals surface area contributed by atoms with Crippen molar-refractivity contribution in [2.24, 2.45) is 0 Å². The minimum atomic E-state index is -1.11. The third-order valence-electron chi connectivity index (χ3n) is 2.44. The first kappa shape index (κ1) is 15.2. The number of ether oxygens (including phenoxy) is 1. The van der Waals surface area contributed by atoms with Crippen molar-refractivity contribution in [1.29, 1.82) is 0 Å². The Labute approximate surface area is 115 Å². The fourth-order valence-electron chi connectivity index (χ4n) is 1.46. The molecule has 1 aromatic rings. The van der Waals surface area contributed by atoms with Gasteiger partial charge in [0, 0.05) is 13.1 Å². The van der Waals surface area contributed by atoms with Gasteiger partial charge in [0.25, 0.3) is 5.91 Å². The normalized spacial score (nSPS) is 10.1. The zero-order chi connectivity index (χ0) is 14.4. The summed E-state index contributed by atoms with van der Waals surface area (Å²) >= 11 is 5.85. The van der Waals surface area contributed by atoms with Crippen molar-refractivity contribution in [3.63, 3.8) is 0 Å². The molecule has 0 aliphatic heterocycles. The molecule has 104 valence electrons. The molecule has 0 fully saturated rings. The van der Waals surface area contributed by atoms with Crippen LogP contribution in [0.25, 0.3) is 0 Å². The van der Waals surface area contributed by atoms with Gasteiger partial charge in [0.1, 0.15) is 5.69 Å². The van der Waals surface area contributed by atoms with Gasteiger partial charge in [-0.15, -0.1) is 0 Å². The zero-order valence-corrected chi connectivity index (χ0v) is 11.5. The van der Waals surface area contributed by atoms with Gasteiger partial charge in [-0.2, -0.15) is 0 Å². The average molecular weight is 287 g/mol. The van der Waals surface area contributed by atoms with E-state index in [9.17, 15) is 9.59 Å². The molecule has 0 aromatic carbocycles. The predicted molar refractivity (Wildman–Crippen MR) is 69.6 cm³/mol. The van der Waals surface area contributed by atoms with Crippen LogP contribution in [0.1, 0.15) is 24.3 Å². The van der Waals surface area contributed by atoms with Gasteiger partial charge in [-0.3, -0.25) is 4.79 Å². The van der Waals surface area contributed by atoms with E-state index in [1.165, 1.54) is 12.1 Å². The van der Waals surface area contributed by atoms with Crippen molar-refractivity contribution >= 4 is 23.5 Å². The van der Waals surface area contributed by atoms with Crippen LogP contribution in [0.3, 0.4) is 0 Å². The summed E-state index contributed by atoms with van der Waals surface area (Å²) < 4.78 is 4.93. The smallest absolute Gasteiger partial charge is 0.341 e. The van der Waals surface area contributed by atoms with E-state index < -0.39 is 12.6 Å². The number of carbonyl (C=O) groups is 2. The highest BCUT2D eigenvalue weighted by atomic mass is 35.5. The van der Waals surface area contributed by atoms with Gasteiger partial charge in [-0.05, 0) is 26.0 Å². The fraction of sp³-hybridized carbons (Fsp3) is 0.417. The highest BCUT2D eigenvalue weighted by Crippen LogP contribution is 2.22. The van der Waals surface area contributed by atoms with Crippen molar-refractivity contribution in [3.8, 4) is 5.75 Å². The first-order valence-electron chi connectivity index (χ1n) is 5.80. The monoisotopic (exact) mass is 286 g/mol. The fourth-order valence-corrected chi connectivity index (χ4v) is 1.67. The number of carboxylic acids is 1. The molecule has 1 amide bonds. The van der Waals surface area contributed by atoms with E-state index in [-0.39, 0.29) is 22.5 Å². The number of amides is 1. The Kier molecular flexibility index (Phi) is 5.57. The van der Waals surface area contributed by atoms with Crippen LogP contribution in [-0.2, 0) is 4.79 Å². The number of aliphatic carboxylic acids is 1. The Morgan fingerprint density at radius 3 is 2.47 bits per heavy atom. The largest absolute Gasteiger partial charge is 0.479 e. The Balaban J connectivity index is 2.87. The quantitative estimate of drug-likeness (QED) is 0.805. The van der Waals surface area contributed by atoms with Gasteiger partial charge in [-0.1, -0.05) is 11.6 Å². The van der Waals surface area contributed by atoms with Gasteiger partial charge in [0.15, 0.2) is 17.5 Å². The van der Waals surface area contributed by atoms with Crippen LogP contribution in [0.5, 0.6) is 5.75 Å². The first-order valence-corrected chi connectivity index (χ1v) is 6.17. The van der Waals surface area contributed by atoms with E-state index in [4.69, 9.17) is 21.4 Å². The van der Waals surface area contributed by atoms with E-state index in [0.29, 0.717) is 13.1 Å². The minimum absolute atomic E-state index is 0.0285. The molecule has 0 saturated carbocycles. The highest BCUT2D eigenvalue weighted by Gasteiger charge is 2.16. The maximum Gasteiger partial charge on any atom is 0.341 e. The lowest BCUT2D eigenvalue weighted by atomic mass is 10.3. The third-order valence-corrected chi connectivity index (χ3v) is 2.71. The summed E-state index contributed by atoms with van der Waals surface area (Å²) in [6, 6.07) is 2.90. The molecule has 0 aliphatic carbocycles. The van der Waals surface area contributed by atoms with Crippen LogP contribution in [0, 0.1) is 0 Å². The number of pyridine rings is 1. The second-order valence-corrected chi connectivity index (χ2v) is 4.00. The molecular formula is C12H15ClN2O4. The summed E-state index contributed by atoms with van der Waals surface area (Å²) in [5.41, 5.74) is 0.205. The van der Waals surface area contributed by atoms with E-state index in [1.54, 1.807) is 4.90 Å². The minimum Gasteiger partial charge on any atom is -0.479 e. The number of hydrogen-bond donors (Lipinski definition) is 1. The summed E-state index contributed by atoms with van der Waals surface area (Å²) in [7, 11) is 0. The van der Waals surface area contributed by atoms with Crippen LogP contribution in [-0.4, -0.2) is 46.6 Å². The topological polar surface area (TPSA) is 79.7 Å². The first-order chi connectivity index (χ1) is 8.99. The summed E-state index contributed by atoms with van der Waals surface area (Å²) in [6.07, 6.45) is 0. The second-order valence-electron chi connectivity index (χ2n) is 3.65. The molecule has 0 radical (unpaired) electrons. The molecule has 1 heterocycles. The standard InChI is InChI=1S/C12H15ClN2O4/c1-3-15(4-2)12(18)8-5-6-9(11(13)14-8)19-7-10(16)17/h5-6H,3-4,7H2,1-2H3,(H,16,17). The van der Waals surface area contributed by atoms with Gasteiger partial charge in [0.05, 0.1) is 0 Å². The molecule has 0 saturated heterocycles. The number of rotatable bonds is 6. The Morgan fingerprint density at radius 1 is 1.37 bits per heavy atom. The highest BCUT2D eigenvalue weighted by molar-refractivity contribution is 6.31. The van der Waals surface area contributed by atoms with Crippen molar-refractivity contribution in [2.75, 3.05) is 19.7 Å². The number of nitrogens with zero attached hydrogens (tertiary/aromatic N) is 2. The van der Waals surface area contributed by atoms with Crippen LogP contribution in [0.15, 0.2) is 12.1 Å². The lowest BCUT2D eigenvalue weighted by Gasteiger charge is -2.18. The average Bonchev–Trinajstić information content (AvgIpc) is 2.38. The van der Waals surface area contributed by atoms with Crippen LogP contribution >= 0.6 is 11.6 Å². The van der Waals surface area contributed by atoms with E-state index in [2.05, 4.69) is 4.98 Å². The molecular weight excluding hydrogens is 272 g/mol. The summed E-state index contributed by atoms with van der Waals surface area (Å²) in [4.78, 5) is 27.9. The second kappa shape index (κ2) is 6.94. The number of aromatic nitrogens is 1. The van der Waals surface area contributed by atoms with Gasteiger partial charge >= 0.3 is 5.97 Å². The number of carbonyl (C=O) groups excluding carboxylic acids is 1. The molecule has 6 nitrogen and oxygen atoms in total. The maximum atomic E-state index is 12.0. The van der Waals surface area contributed by atoms with Crippen molar-refractivity contribution in [1.82, 2.24) is 9.88 Å². The maximum absolute atomic E-state index is 12.0. The molecule has 0 atom stereocenters. The molecule has 0 bridgehead atoms. The molecule has 0 spiro atoms. The molecule has 7 heteroatoms. The van der Waals surface area contributed by atoms with Gasteiger partial charge in [0.2, 0.25) is 0 Å². The van der Waals surface area contributed by atoms with E-state index >= 15 is 0 Å². The Bertz CT molecular complexity index is 475. The Morgan fingerprint density at radius 2 is 2.00 bits per heavy atom. The molecule has 0 unspecified atom stereocenters. The number of hydrogen-bond acceptors (Lipinski definition) is 4. The lowest BCUT2D eigenvalue weighted by Crippen LogP contribution is -2.31. The summed E-state index contributed by atoms with van der Waals surface area (Å²) in [5.74, 6) is -1.20. The molecule has 19 heavy (non-hydrogen) atoms. The van der Waals surface area contributed by atoms with E-state index in [1.807, 2.05) is 13.8 Å². The molecule has 1 aromatic heterocycles. The third kappa shape index (κ3) is 4.10. The van der Waals surface area contributed by atoms with Crippen molar-refractivity contribution in [3.05, 3.63) is 23.0 Å². The Hall–Kier alpha value is -1.82. The zero-order valence-electron chi connectivity index (χ0n) is 10.7. The lowest BCUT2D eigenvalue weighted by molar-refractivity contribution is -0.139. The summed E-state index contributed by atoms with van der Waals surface area (Å²) in [6.45, 7) is 4.38. The SMILES string of the molecule is CCN(CC)C(=O)c1ccc(OCC(=O)O)c(Cl)n1. The molecule has 1 N–H and O–H groups in total. The molecule has 1 rings (SSSR count). The van der Waals surface area contributed by atoms with Crippen molar-refractivity contribution in [2.45, 2.75) is 13.8 Å². The van der Waals surface area contributed by atoms with Gasteiger partial charge < -0.3 is 14.7 Å².